The number of aromatic nitrogens is 1. The summed E-state index contributed by atoms with van der Waals surface area (Å²) in [7, 11) is 1.60. The first kappa shape index (κ1) is 14.9. The molecule has 4 nitrogen and oxygen atoms in total. The SMILES string of the molecule is COc1cccc(N=Cc2[nH]c3ccc(Br)c(Cl)c3c2O)c1. The maximum atomic E-state index is 10.3. The minimum absolute atomic E-state index is 0.0768. The molecule has 2 aromatic carbocycles. The maximum Gasteiger partial charge on any atom is 0.151 e. The zero-order valence-corrected chi connectivity index (χ0v) is 13.9. The van der Waals surface area contributed by atoms with Crippen molar-refractivity contribution in [2.45, 2.75) is 0 Å². The molecule has 0 radical (unpaired) electrons. The Labute approximate surface area is 140 Å². The fourth-order valence-electron chi connectivity index (χ4n) is 2.15. The van der Waals surface area contributed by atoms with E-state index < -0.39 is 0 Å². The van der Waals surface area contributed by atoms with Crippen LogP contribution in [-0.4, -0.2) is 23.4 Å². The van der Waals surface area contributed by atoms with Crippen LogP contribution >= 0.6 is 27.5 Å². The van der Waals surface area contributed by atoms with Crippen molar-refractivity contribution >= 4 is 50.3 Å². The van der Waals surface area contributed by atoms with Gasteiger partial charge in [0.1, 0.15) is 11.4 Å². The molecule has 0 aliphatic carbocycles. The third-order valence-electron chi connectivity index (χ3n) is 3.25. The third kappa shape index (κ3) is 2.69. The Kier molecular flexibility index (Phi) is 4.09. The predicted molar refractivity (Wildman–Crippen MR) is 92.9 cm³/mol. The fourth-order valence-corrected chi connectivity index (χ4v) is 2.73. The lowest BCUT2D eigenvalue weighted by atomic mass is 10.2. The normalized spacial score (nSPS) is 11.4. The van der Waals surface area contributed by atoms with E-state index in [4.69, 9.17) is 16.3 Å². The van der Waals surface area contributed by atoms with Crippen molar-refractivity contribution in [3.63, 3.8) is 0 Å². The minimum atomic E-state index is 0.0768. The number of rotatable bonds is 3. The van der Waals surface area contributed by atoms with Gasteiger partial charge in [0.05, 0.1) is 34.9 Å². The summed E-state index contributed by atoms with van der Waals surface area (Å²) in [5.41, 5.74) is 1.97. The van der Waals surface area contributed by atoms with E-state index >= 15 is 0 Å². The molecule has 1 heterocycles. The first-order valence-corrected chi connectivity index (χ1v) is 7.64. The smallest absolute Gasteiger partial charge is 0.151 e. The van der Waals surface area contributed by atoms with Gasteiger partial charge in [-0.1, -0.05) is 17.7 Å². The van der Waals surface area contributed by atoms with Gasteiger partial charge in [0.2, 0.25) is 0 Å². The number of benzene rings is 2. The molecule has 1 aromatic heterocycles. The lowest BCUT2D eigenvalue weighted by molar-refractivity contribution is 0.415. The number of aromatic amines is 1. The quantitative estimate of drug-likeness (QED) is 0.626. The van der Waals surface area contributed by atoms with Crippen LogP contribution in [0.2, 0.25) is 5.02 Å². The molecule has 0 amide bonds. The van der Waals surface area contributed by atoms with Crippen LogP contribution in [0.25, 0.3) is 10.9 Å². The minimum Gasteiger partial charge on any atom is -0.505 e. The van der Waals surface area contributed by atoms with Gasteiger partial charge in [-0.3, -0.25) is 4.99 Å². The highest BCUT2D eigenvalue weighted by Gasteiger charge is 2.14. The van der Waals surface area contributed by atoms with Crippen molar-refractivity contribution in [1.82, 2.24) is 4.98 Å². The van der Waals surface area contributed by atoms with Crippen LogP contribution in [0.4, 0.5) is 5.69 Å². The van der Waals surface area contributed by atoms with Gasteiger partial charge in [0, 0.05) is 10.5 Å². The predicted octanol–water partition coefficient (Wildman–Crippen LogP) is 5.05. The van der Waals surface area contributed by atoms with Gasteiger partial charge in [0.15, 0.2) is 5.75 Å². The Morgan fingerprint density at radius 3 is 2.91 bits per heavy atom. The van der Waals surface area contributed by atoms with Gasteiger partial charge >= 0.3 is 0 Å². The summed E-state index contributed by atoms with van der Waals surface area (Å²) < 4.78 is 5.88. The molecule has 0 fully saturated rings. The Morgan fingerprint density at radius 1 is 1.32 bits per heavy atom. The van der Waals surface area contributed by atoms with Crippen LogP contribution in [0, 0.1) is 0 Å². The van der Waals surface area contributed by atoms with Crippen molar-refractivity contribution in [2.75, 3.05) is 7.11 Å². The summed E-state index contributed by atoms with van der Waals surface area (Å²) in [6.45, 7) is 0. The largest absolute Gasteiger partial charge is 0.505 e. The van der Waals surface area contributed by atoms with Crippen LogP contribution in [-0.2, 0) is 0 Å². The van der Waals surface area contributed by atoms with E-state index in [0.29, 0.717) is 16.1 Å². The zero-order valence-electron chi connectivity index (χ0n) is 11.6. The van der Waals surface area contributed by atoms with Crippen LogP contribution in [0.15, 0.2) is 45.9 Å². The second-order valence-corrected chi connectivity index (χ2v) is 5.86. The van der Waals surface area contributed by atoms with Crippen molar-refractivity contribution in [3.05, 3.63) is 51.6 Å². The summed E-state index contributed by atoms with van der Waals surface area (Å²) in [4.78, 5) is 7.44. The number of aromatic hydroxyl groups is 1. The van der Waals surface area contributed by atoms with Gasteiger partial charge in [-0.15, -0.1) is 0 Å². The number of H-pyrrole nitrogens is 1. The average molecular weight is 380 g/mol. The van der Waals surface area contributed by atoms with Crippen LogP contribution < -0.4 is 4.74 Å². The molecular formula is C16H12BrClN2O2. The van der Waals surface area contributed by atoms with E-state index in [2.05, 4.69) is 25.9 Å². The maximum absolute atomic E-state index is 10.3. The third-order valence-corrected chi connectivity index (χ3v) is 4.53. The Balaban J connectivity index is 2.02. The second kappa shape index (κ2) is 6.02. The number of fused-ring (bicyclic) bond motifs is 1. The highest BCUT2D eigenvalue weighted by Crippen LogP contribution is 2.38. The molecule has 0 aliphatic heterocycles. The van der Waals surface area contributed by atoms with Gasteiger partial charge in [-0.05, 0) is 40.2 Å². The van der Waals surface area contributed by atoms with Crippen LogP contribution in [0.3, 0.4) is 0 Å². The number of hydrogen-bond acceptors (Lipinski definition) is 3. The van der Waals surface area contributed by atoms with E-state index in [1.807, 2.05) is 30.3 Å². The van der Waals surface area contributed by atoms with E-state index in [-0.39, 0.29) is 5.75 Å². The molecule has 0 aliphatic rings. The summed E-state index contributed by atoms with van der Waals surface area (Å²) >= 11 is 9.56. The van der Waals surface area contributed by atoms with Gasteiger partial charge in [0.25, 0.3) is 0 Å². The van der Waals surface area contributed by atoms with Gasteiger partial charge < -0.3 is 14.8 Å². The number of methoxy groups -OCH3 is 1. The molecule has 22 heavy (non-hydrogen) atoms. The molecule has 0 saturated heterocycles. The average Bonchev–Trinajstić information content (AvgIpc) is 2.86. The second-order valence-electron chi connectivity index (χ2n) is 4.63. The molecule has 0 bridgehead atoms. The molecule has 0 saturated carbocycles. The van der Waals surface area contributed by atoms with E-state index in [9.17, 15) is 5.11 Å². The summed E-state index contributed by atoms with van der Waals surface area (Å²) in [5, 5.41) is 11.4. The fraction of sp³-hybridized carbons (Fsp3) is 0.0625. The first-order chi connectivity index (χ1) is 10.6. The standard InChI is InChI=1S/C16H12BrClN2O2/c1-22-10-4-2-3-9(7-10)19-8-13-16(21)14-12(20-13)6-5-11(17)15(14)18/h2-8,20-21H,1H3. The Bertz CT molecular complexity index is 874. The van der Waals surface area contributed by atoms with E-state index in [1.54, 1.807) is 19.4 Å². The van der Waals surface area contributed by atoms with E-state index in [1.165, 1.54) is 0 Å². The number of aliphatic imine (C=N–C) groups is 1. The summed E-state index contributed by atoms with van der Waals surface area (Å²) in [5.74, 6) is 0.801. The molecule has 3 rings (SSSR count). The monoisotopic (exact) mass is 378 g/mol. The highest BCUT2D eigenvalue weighted by atomic mass is 79.9. The van der Waals surface area contributed by atoms with Gasteiger partial charge in [-0.25, -0.2) is 0 Å². The summed E-state index contributed by atoms with van der Waals surface area (Å²) in [6.07, 6.45) is 1.56. The molecule has 112 valence electrons. The Hall–Kier alpha value is -1.98. The number of hydrogen-bond donors (Lipinski definition) is 2. The van der Waals surface area contributed by atoms with Gasteiger partial charge in [-0.2, -0.15) is 0 Å². The molecule has 0 spiro atoms. The Morgan fingerprint density at radius 2 is 2.14 bits per heavy atom. The number of halogens is 2. The van der Waals surface area contributed by atoms with Crippen molar-refractivity contribution < 1.29 is 9.84 Å². The lowest BCUT2D eigenvalue weighted by Gasteiger charge is -1.99. The first-order valence-electron chi connectivity index (χ1n) is 6.47. The number of nitrogens with one attached hydrogen (secondary N) is 1. The number of nitrogens with zero attached hydrogens (tertiary/aromatic N) is 1. The van der Waals surface area contributed by atoms with Crippen molar-refractivity contribution in [2.24, 2.45) is 4.99 Å². The van der Waals surface area contributed by atoms with Crippen molar-refractivity contribution in [1.29, 1.82) is 0 Å². The molecular weight excluding hydrogens is 368 g/mol. The van der Waals surface area contributed by atoms with Crippen molar-refractivity contribution in [3.8, 4) is 11.5 Å². The molecule has 6 heteroatoms. The number of ether oxygens (including phenoxy) is 1. The molecule has 0 atom stereocenters. The topological polar surface area (TPSA) is 57.6 Å². The lowest BCUT2D eigenvalue weighted by Crippen LogP contribution is -1.82. The van der Waals surface area contributed by atoms with E-state index in [0.717, 1.165) is 21.4 Å². The molecule has 2 N–H and O–H groups in total. The highest BCUT2D eigenvalue weighted by molar-refractivity contribution is 9.10. The zero-order chi connectivity index (χ0) is 15.7. The van der Waals surface area contributed by atoms with Crippen LogP contribution in [0.5, 0.6) is 11.5 Å². The molecule has 3 aromatic rings. The summed E-state index contributed by atoms with van der Waals surface area (Å²) in [6, 6.07) is 11.0. The van der Waals surface area contributed by atoms with Crippen LogP contribution in [0.1, 0.15) is 5.69 Å². The molecule has 0 unspecified atom stereocenters.